The number of carbonyl (C=O) groups excluding carboxylic acids is 1. The van der Waals surface area contributed by atoms with Crippen molar-refractivity contribution in [3.63, 3.8) is 0 Å². The molecule has 3 N–H and O–H groups in total. The van der Waals surface area contributed by atoms with Gasteiger partial charge in [-0.2, -0.15) is 0 Å². The van der Waals surface area contributed by atoms with Gasteiger partial charge >= 0.3 is 0 Å². The van der Waals surface area contributed by atoms with Crippen molar-refractivity contribution in [2.45, 2.75) is 12.8 Å². The molecule has 0 aromatic carbocycles. The van der Waals surface area contributed by atoms with Gasteiger partial charge in [0.2, 0.25) is 5.91 Å². The molecule has 0 radical (unpaired) electrons. The van der Waals surface area contributed by atoms with Crippen LogP contribution >= 0.6 is 11.3 Å². The number of nitrogens with zero attached hydrogens (tertiary/aromatic N) is 1. The predicted molar refractivity (Wildman–Crippen MR) is 62.3 cm³/mol. The van der Waals surface area contributed by atoms with Gasteiger partial charge in [0.15, 0.2) is 5.13 Å². The molecule has 0 unspecified atom stereocenters. The summed E-state index contributed by atoms with van der Waals surface area (Å²) in [5, 5.41) is 5.27. The minimum Gasteiger partial charge on any atom is -0.381 e. The fraction of sp³-hybridized carbons (Fsp3) is 0.600. The van der Waals surface area contributed by atoms with E-state index in [0.29, 0.717) is 37.7 Å². The van der Waals surface area contributed by atoms with Crippen LogP contribution in [0.1, 0.15) is 12.8 Å². The van der Waals surface area contributed by atoms with Crippen LogP contribution in [0.3, 0.4) is 0 Å². The highest BCUT2D eigenvalue weighted by Crippen LogP contribution is 2.31. The molecule has 6 heteroatoms. The lowest BCUT2D eigenvalue weighted by Crippen LogP contribution is -2.46. The number of carbonyl (C=O) groups is 1. The second kappa shape index (κ2) is 4.90. The molecule has 1 aliphatic heterocycles. The maximum absolute atomic E-state index is 12.1. The normalized spacial score (nSPS) is 19.3. The summed E-state index contributed by atoms with van der Waals surface area (Å²) in [4.78, 5) is 16.2. The molecule has 88 valence electrons. The molecular weight excluding hydrogens is 226 g/mol. The first-order chi connectivity index (χ1) is 7.77. The van der Waals surface area contributed by atoms with Crippen molar-refractivity contribution in [1.82, 2.24) is 4.98 Å². The second-order valence-corrected chi connectivity index (χ2v) is 4.78. The van der Waals surface area contributed by atoms with Gasteiger partial charge in [0.1, 0.15) is 0 Å². The number of rotatable bonds is 3. The minimum atomic E-state index is -0.482. The Labute approximate surface area is 98.0 Å². The fourth-order valence-electron chi connectivity index (χ4n) is 1.80. The van der Waals surface area contributed by atoms with Crippen LogP contribution < -0.4 is 11.1 Å². The van der Waals surface area contributed by atoms with E-state index in [4.69, 9.17) is 10.5 Å². The molecule has 5 nitrogen and oxygen atoms in total. The second-order valence-electron chi connectivity index (χ2n) is 3.89. The summed E-state index contributed by atoms with van der Waals surface area (Å²) in [7, 11) is 0. The van der Waals surface area contributed by atoms with Gasteiger partial charge in [-0.05, 0) is 12.8 Å². The molecule has 1 aliphatic rings. The van der Waals surface area contributed by atoms with Gasteiger partial charge in [0.25, 0.3) is 0 Å². The van der Waals surface area contributed by atoms with Crippen LogP contribution in [-0.2, 0) is 9.53 Å². The highest BCUT2D eigenvalue weighted by molar-refractivity contribution is 7.13. The number of nitrogens with one attached hydrogen (secondary N) is 1. The lowest BCUT2D eigenvalue weighted by molar-refractivity contribution is -0.130. The van der Waals surface area contributed by atoms with Crippen molar-refractivity contribution in [2.75, 3.05) is 25.1 Å². The Morgan fingerprint density at radius 2 is 2.38 bits per heavy atom. The summed E-state index contributed by atoms with van der Waals surface area (Å²) in [6.07, 6.45) is 3.03. The summed E-state index contributed by atoms with van der Waals surface area (Å²) >= 11 is 1.41. The molecule has 0 bridgehead atoms. The van der Waals surface area contributed by atoms with Crippen LogP contribution in [0.5, 0.6) is 0 Å². The maximum atomic E-state index is 12.1. The SMILES string of the molecule is NCC1(C(=O)Nc2nccs2)CCOCC1. The molecular formula is C10H15N3O2S. The summed E-state index contributed by atoms with van der Waals surface area (Å²) < 4.78 is 5.26. The smallest absolute Gasteiger partial charge is 0.233 e. The third-order valence-corrected chi connectivity index (χ3v) is 3.66. The van der Waals surface area contributed by atoms with Crippen LogP contribution in [0.4, 0.5) is 5.13 Å². The molecule has 2 rings (SSSR count). The predicted octanol–water partition coefficient (Wildman–Crippen LogP) is 0.837. The minimum absolute atomic E-state index is 0.0340. The lowest BCUT2D eigenvalue weighted by Gasteiger charge is -2.34. The molecule has 1 aromatic heterocycles. The van der Waals surface area contributed by atoms with Crippen LogP contribution in [-0.4, -0.2) is 30.6 Å². The first kappa shape index (κ1) is 11.5. The number of thiazole rings is 1. The third kappa shape index (κ3) is 2.23. The van der Waals surface area contributed by atoms with E-state index in [0.717, 1.165) is 0 Å². The Morgan fingerprint density at radius 1 is 1.62 bits per heavy atom. The fourth-order valence-corrected chi connectivity index (χ4v) is 2.32. The van der Waals surface area contributed by atoms with Gasteiger partial charge in [0.05, 0.1) is 5.41 Å². The van der Waals surface area contributed by atoms with E-state index >= 15 is 0 Å². The van der Waals surface area contributed by atoms with Crippen LogP contribution in [0.15, 0.2) is 11.6 Å². The zero-order chi connectivity index (χ0) is 11.4. The van der Waals surface area contributed by atoms with Crippen molar-refractivity contribution in [1.29, 1.82) is 0 Å². The van der Waals surface area contributed by atoms with Crippen LogP contribution in [0.2, 0.25) is 0 Å². The standard InChI is InChI=1S/C10H15N3O2S/c11-7-10(1-4-15-5-2-10)8(14)13-9-12-3-6-16-9/h3,6H,1-2,4-5,7,11H2,(H,12,13,14). The average Bonchev–Trinajstić information content (AvgIpc) is 2.82. The number of amides is 1. The molecule has 1 aromatic rings. The van der Waals surface area contributed by atoms with E-state index in [9.17, 15) is 4.79 Å². The van der Waals surface area contributed by atoms with Gasteiger partial charge in [-0.3, -0.25) is 4.79 Å². The number of aromatic nitrogens is 1. The molecule has 2 heterocycles. The van der Waals surface area contributed by atoms with Crippen molar-refractivity contribution < 1.29 is 9.53 Å². The molecule has 0 aliphatic carbocycles. The highest BCUT2D eigenvalue weighted by Gasteiger charge is 2.39. The first-order valence-electron chi connectivity index (χ1n) is 5.26. The molecule has 0 atom stereocenters. The largest absolute Gasteiger partial charge is 0.381 e. The van der Waals surface area contributed by atoms with E-state index in [1.54, 1.807) is 6.20 Å². The Morgan fingerprint density at radius 3 is 2.94 bits per heavy atom. The summed E-state index contributed by atoms with van der Waals surface area (Å²) in [6.45, 7) is 1.55. The van der Waals surface area contributed by atoms with Crippen molar-refractivity contribution in [3.05, 3.63) is 11.6 Å². The first-order valence-corrected chi connectivity index (χ1v) is 6.14. The number of anilines is 1. The van der Waals surface area contributed by atoms with E-state index in [1.165, 1.54) is 11.3 Å². The van der Waals surface area contributed by atoms with Gasteiger partial charge in [-0.1, -0.05) is 0 Å². The molecule has 1 amide bonds. The Kier molecular flexibility index (Phi) is 3.52. The van der Waals surface area contributed by atoms with E-state index in [2.05, 4.69) is 10.3 Å². The molecule has 0 spiro atoms. The van der Waals surface area contributed by atoms with Gasteiger partial charge in [-0.15, -0.1) is 11.3 Å². The zero-order valence-electron chi connectivity index (χ0n) is 8.94. The topological polar surface area (TPSA) is 77.2 Å². The third-order valence-electron chi connectivity index (χ3n) is 2.98. The van der Waals surface area contributed by atoms with Gasteiger partial charge < -0.3 is 15.8 Å². The summed E-state index contributed by atoms with van der Waals surface area (Å²) in [5.74, 6) is -0.0340. The number of nitrogens with two attached hydrogens (primary N) is 1. The summed E-state index contributed by atoms with van der Waals surface area (Å²) in [5.41, 5.74) is 5.25. The monoisotopic (exact) mass is 241 g/mol. The average molecular weight is 241 g/mol. The van der Waals surface area contributed by atoms with Crippen molar-refractivity contribution in [2.24, 2.45) is 11.1 Å². The lowest BCUT2D eigenvalue weighted by atomic mass is 9.79. The number of hydrogen-bond donors (Lipinski definition) is 2. The highest BCUT2D eigenvalue weighted by atomic mass is 32.1. The molecule has 0 saturated carbocycles. The quantitative estimate of drug-likeness (QED) is 0.822. The maximum Gasteiger partial charge on any atom is 0.233 e. The molecule has 16 heavy (non-hydrogen) atoms. The number of hydrogen-bond acceptors (Lipinski definition) is 5. The zero-order valence-corrected chi connectivity index (χ0v) is 9.76. The van der Waals surface area contributed by atoms with Crippen LogP contribution in [0.25, 0.3) is 0 Å². The molecule has 1 fully saturated rings. The molecule has 1 saturated heterocycles. The van der Waals surface area contributed by atoms with Gasteiger partial charge in [-0.25, -0.2) is 4.98 Å². The Balaban J connectivity index is 2.06. The van der Waals surface area contributed by atoms with Crippen molar-refractivity contribution in [3.8, 4) is 0 Å². The number of ether oxygens (including phenoxy) is 1. The van der Waals surface area contributed by atoms with E-state index in [-0.39, 0.29) is 5.91 Å². The van der Waals surface area contributed by atoms with E-state index < -0.39 is 5.41 Å². The summed E-state index contributed by atoms with van der Waals surface area (Å²) in [6, 6.07) is 0. The Hall–Kier alpha value is -0.980. The van der Waals surface area contributed by atoms with E-state index in [1.807, 2.05) is 5.38 Å². The van der Waals surface area contributed by atoms with Crippen LogP contribution in [0, 0.1) is 5.41 Å². The Bertz CT molecular complexity index is 347. The van der Waals surface area contributed by atoms with Crippen molar-refractivity contribution >= 4 is 22.4 Å². The van der Waals surface area contributed by atoms with Gasteiger partial charge in [0, 0.05) is 31.3 Å².